The number of alkyl halides is 3. The molecule has 40 heavy (non-hydrogen) atoms. The number of rotatable bonds is 8. The maximum Gasteiger partial charge on any atom is 0.416 e. The van der Waals surface area contributed by atoms with E-state index in [1.165, 1.54) is 6.07 Å². The minimum atomic E-state index is -4.63. The van der Waals surface area contributed by atoms with Crippen LogP contribution < -0.4 is 10.6 Å². The first-order valence-corrected chi connectivity index (χ1v) is 15.2. The van der Waals surface area contributed by atoms with Gasteiger partial charge in [-0.1, -0.05) is 24.3 Å². The molecule has 1 aliphatic carbocycles. The number of hydrogen-bond donors (Lipinski definition) is 2. The predicted octanol–water partition coefficient (Wildman–Crippen LogP) is 4.29. The van der Waals surface area contributed by atoms with Gasteiger partial charge in [0.05, 0.1) is 16.2 Å². The number of amides is 2. The Kier molecular flexibility index (Phi) is 8.65. The minimum absolute atomic E-state index is 0.0768. The number of hydrogen-bond acceptors (Lipinski definition) is 5. The average Bonchev–Trinajstić information content (AvgIpc) is 3.28. The van der Waals surface area contributed by atoms with Crippen LogP contribution >= 0.6 is 0 Å². The summed E-state index contributed by atoms with van der Waals surface area (Å²) in [5, 5.41) is 5.58. The highest BCUT2D eigenvalue weighted by Gasteiger charge is 2.54. The molecule has 2 aliphatic rings. The van der Waals surface area contributed by atoms with Crippen LogP contribution in [0, 0.1) is 11.8 Å². The molecule has 0 radical (unpaired) electrons. The number of halogens is 3. The SMILES string of the molecule is CC(C)N(C)[C@H]1CC[C@H]([C@@]2(NC(=O)c3cccc(C(F)(F)F)c3)CCNC2=O)[C@H](CS(=O)(=O)c2ccccc2)C1. The maximum atomic E-state index is 13.5. The van der Waals surface area contributed by atoms with E-state index >= 15 is 0 Å². The third-order valence-electron chi connectivity index (χ3n) is 8.51. The van der Waals surface area contributed by atoms with Crippen molar-refractivity contribution in [3.8, 4) is 0 Å². The monoisotopic (exact) mass is 579 g/mol. The standard InChI is InChI=1S/C29H36F3N3O4S/c1-19(2)35(3)23-12-13-25(21(17-23)18-40(38,39)24-10-5-4-6-11-24)28(14-15-33-27(28)37)34-26(36)20-8-7-9-22(16-20)29(30,31)32/h4-11,16,19,21,23,25H,12-15,17-18H2,1-3H3,(H,33,37)(H,34,36)/t21-,23-,25-,28-/m0/s1. The highest BCUT2D eigenvalue weighted by molar-refractivity contribution is 7.91. The molecule has 1 saturated heterocycles. The van der Waals surface area contributed by atoms with E-state index in [0.717, 1.165) is 18.2 Å². The van der Waals surface area contributed by atoms with Gasteiger partial charge in [-0.05, 0) is 88.7 Å². The molecule has 0 unspecified atom stereocenters. The van der Waals surface area contributed by atoms with E-state index in [9.17, 15) is 31.2 Å². The van der Waals surface area contributed by atoms with Crippen molar-refractivity contribution in [2.45, 2.75) is 68.2 Å². The van der Waals surface area contributed by atoms with Crippen LogP contribution in [0.15, 0.2) is 59.5 Å². The fraction of sp³-hybridized carbons (Fsp3) is 0.517. The Morgan fingerprint density at radius 1 is 1.12 bits per heavy atom. The van der Waals surface area contributed by atoms with Gasteiger partial charge in [0.15, 0.2) is 9.84 Å². The molecular formula is C29H36F3N3O4S. The van der Waals surface area contributed by atoms with Crippen LogP contribution in [0.3, 0.4) is 0 Å². The molecule has 1 heterocycles. The first-order valence-electron chi connectivity index (χ1n) is 13.5. The second kappa shape index (κ2) is 11.5. The topological polar surface area (TPSA) is 95.6 Å². The Labute approximate surface area is 233 Å². The lowest BCUT2D eigenvalue weighted by molar-refractivity contribution is -0.137. The number of carbonyl (C=O) groups is 2. The number of sulfone groups is 1. The van der Waals surface area contributed by atoms with Crippen molar-refractivity contribution in [3.05, 3.63) is 65.7 Å². The lowest BCUT2D eigenvalue weighted by Gasteiger charge is -2.47. The van der Waals surface area contributed by atoms with Crippen LogP contribution in [0.5, 0.6) is 0 Å². The van der Waals surface area contributed by atoms with Gasteiger partial charge in [0.1, 0.15) is 5.54 Å². The zero-order valence-electron chi connectivity index (χ0n) is 22.9. The summed E-state index contributed by atoms with van der Waals surface area (Å²) >= 11 is 0. The van der Waals surface area contributed by atoms with Crippen molar-refractivity contribution in [2.75, 3.05) is 19.3 Å². The molecule has 11 heteroatoms. The summed E-state index contributed by atoms with van der Waals surface area (Å²) in [7, 11) is -1.73. The van der Waals surface area contributed by atoms with E-state index in [0.29, 0.717) is 19.3 Å². The zero-order valence-corrected chi connectivity index (χ0v) is 23.7. The van der Waals surface area contributed by atoms with Gasteiger partial charge in [0.25, 0.3) is 5.91 Å². The first kappa shape index (κ1) is 30.0. The Hall–Kier alpha value is -2.92. The van der Waals surface area contributed by atoms with E-state index < -0.39 is 50.8 Å². The van der Waals surface area contributed by atoms with Crippen LogP contribution in [-0.2, 0) is 20.8 Å². The molecule has 2 amide bonds. The molecule has 7 nitrogen and oxygen atoms in total. The Balaban J connectivity index is 1.70. The number of nitrogens with one attached hydrogen (secondary N) is 2. The van der Waals surface area contributed by atoms with Crippen molar-refractivity contribution in [1.29, 1.82) is 0 Å². The predicted molar refractivity (Wildman–Crippen MR) is 145 cm³/mol. The minimum Gasteiger partial charge on any atom is -0.354 e. The fourth-order valence-electron chi connectivity index (χ4n) is 6.19. The number of benzene rings is 2. The molecule has 218 valence electrons. The van der Waals surface area contributed by atoms with E-state index in [-0.39, 0.29) is 41.3 Å². The summed E-state index contributed by atoms with van der Waals surface area (Å²) in [5.74, 6) is -2.45. The first-order chi connectivity index (χ1) is 18.7. The average molecular weight is 580 g/mol. The van der Waals surface area contributed by atoms with Crippen LogP contribution in [0.4, 0.5) is 13.2 Å². The Morgan fingerprint density at radius 2 is 1.82 bits per heavy atom. The van der Waals surface area contributed by atoms with Crippen molar-refractivity contribution in [3.63, 3.8) is 0 Å². The summed E-state index contributed by atoms with van der Waals surface area (Å²) < 4.78 is 67.0. The molecule has 0 bridgehead atoms. The summed E-state index contributed by atoms with van der Waals surface area (Å²) in [4.78, 5) is 29.2. The van der Waals surface area contributed by atoms with Gasteiger partial charge in [0, 0.05) is 24.2 Å². The Morgan fingerprint density at radius 3 is 2.42 bits per heavy atom. The lowest BCUT2D eigenvalue weighted by atomic mass is 9.66. The second-order valence-electron chi connectivity index (χ2n) is 11.2. The van der Waals surface area contributed by atoms with Crippen LogP contribution in [0.1, 0.15) is 55.5 Å². The largest absolute Gasteiger partial charge is 0.416 e. The normalized spacial score (nSPS) is 25.7. The van der Waals surface area contributed by atoms with Crippen LogP contribution in [0.25, 0.3) is 0 Å². The molecule has 2 aromatic carbocycles. The molecule has 1 saturated carbocycles. The summed E-state index contributed by atoms with van der Waals surface area (Å²) in [5.41, 5.74) is -2.62. The zero-order chi connectivity index (χ0) is 29.3. The number of carbonyl (C=O) groups excluding carboxylic acids is 2. The lowest BCUT2D eigenvalue weighted by Crippen LogP contribution is -2.62. The molecule has 2 fully saturated rings. The molecule has 4 atom stereocenters. The van der Waals surface area contributed by atoms with Gasteiger partial charge in [0.2, 0.25) is 5.91 Å². The quantitative estimate of drug-likeness (QED) is 0.487. The van der Waals surface area contributed by atoms with E-state index in [4.69, 9.17) is 0 Å². The van der Waals surface area contributed by atoms with Crippen LogP contribution in [-0.4, -0.2) is 62.1 Å². The highest BCUT2D eigenvalue weighted by Crippen LogP contribution is 2.44. The van der Waals surface area contributed by atoms with Crippen molar-refractivity contribution in [2.24, 2.45) is 11.8 Å². The van der Waals surface area contributed by atoms with Gasteiger partial charge in [-0.25, -0.2) is 8.42 Å². The third-order valence-corrected chi connectivity index (χ3v) is 10.4. The van der Waals surface area contributed by atoms with Crippen molar-refractivity contribution < 1.29 is 31.2 Å². The highest BCUT2D eigenvalue weighted by atomic mass is 32.2. The van der Waals surface area contributed by atoms with E-state index in [1.807, 2.05) is 7.05 Å². The molecule has 4 rings (SSSR count). The molecular weight excluding hydrogens is 543 g/mol. The van der Waals surface area contributed by atoms with Gasteiger partial charge in [-0.2, -0.15) is 13.2 Å². The van der Waals surface area contributed by atoms with E-state index in [1.54, 1.807) is 30.3 Å². The smallest absolute Gasteiger partial charge is 0.354 e. The van der Waals surface area contributed by atoms with E-state index in [2.05, 4.69) is 29.4 Å². The molecule has 2 N–H and O–H groups in total. The Bertz CT molecular complexity index is 1330. The molecule has 0 aromatic heterocycles. The third kappa shape index (κ3) is 6.20. The van der Waals surface area contributed by atoms with Crippen molar-refractivity contribution >= 4 is 21.7 Å². The van der Waals surface area contributed by atoms with Gasteiger partial charge in [-0.15, -0.1) is 0 Å². The summed E-state index contributed by atoms with van der Waals surface area (Å²) in [6.45, 7) is 4.39. The van der Waals surface area contributed by atoms with Gasteiger partial charge < -0.3 is 15.5 Å². The van der Waals surface area contributed by atoms with Gasteiger partial charge in [-0.3, -0.25) is 9.59 Å². The molecule has 1 aliphatic heterocycles. The molecule has 2 aromatic rings. The number of nitrogens with zero attached hydrogens (tertiary/aromatic N) is 1. The maximum absolute atomic E-state index is 13.5. The van der Waals surface area contributed by atoms with Crippen LogP contribution in [0.2, 0.25) is 0 Å². The summed E-state index contributed by atoms with van der Waals surface area (Å²) in [6, 6.07) is 12.5. The fourth-order valence-corrected chi connectivity index (χ4v) is 7.89. The van der Waals surface area contributed by atoms with Crippen molar-refractivity contribution in [1.82, 2.24) is 15.5 Å². The molecule has 0 spiro atoms. The second-order valence-corrected chi connectivity index (χ2v) is 13.2. The van der Waals surface area contributed by atoms with Gasteiger partial charge >= 0.3 is 6.18 Å². The summed E-state index contributed by atoms with van der Waals surface area (Å²) in [6.07, 6.45) is -2.74.